The standard InChI is InChI=1S/C10H19NO5S/c1-4-16-8-5-7(10(8,2)3)11-17(14,15)6-9(12)13/h7-8,11H,4-6H2,1-3H3,(H,12,13). The maximum Gasteiger partial charge on any atom is 0.320 e. The highest BCUT2D eigenvalue weighted by atomic mass is 32.2. The van der Waals surface area contributed by atoms with Crippen molar-refractivity contribution in [3.63, 3.8) is 0 Å². The molecule has 17 heavy (non-hydrogen) atoms. The molecule has 0 amide bonds. The third-order valence-electron chi connectivity index (χ3n) is 3.18. The van der Waals surface area contributed by atoms with Crippen LogP contribution in [0.4, 0.5) is 0 Å². The Kier molecular flexibility index (Phi) is 4.16. The van der Waals surface area contributed by atoms with E-state index in [2.05, 4.69) is 4.72 Å². The molecular weight excluding hydrogens is 246 g/mol. The molecule has 0 spiro atoms. The number of sulfonamides is 1. The maximum absolute atomic E-state index is 11.5. The van der Waals surface area contributed by atoms with Gasteiger partial charge in [-0.05, 0) is 13.3 Å². The molecule has 2 N–H and O–H groups in total. The smallest absolute Gasteiger partial charge is 0.320 e. The Morgan fingerprint density at radius 2 is 2.12 bits per heavy atom. The largest absolute Gasteiger partial charge is 0.480 e. The van der Waals surface area contributed by atoms with Crippen LogP contribution in [0.15, 0.2) is 0 Å². The van der Waals surface area contributed by atoms with Gasteiger partial charge in [-0.1, -0.05) is 13.8 Å². The molecule has 0 aliphatic heterocycles. The second kappa shape index (κ2) is 4.91. The van der Waals surface area contributed by atoms with Crippen LogP contribution in [0.2, 0.25) is 0 Å². The third kappa shape index (κ3) is 3.40. The van der Waals surface area contributed by atoms with Crippen LogP contribution in [0.5, 0.6) is 0 Å². The van der Waals surface area contributed by atoms with Gasteiger partial charge in [0.15, 0.2) is 5.75 Å². The van der Waals surface area contributed by atoms with Crippen LogP contribution in [-0.4, -0.2) is 44.0 Å². The zero-order valence-electron chi connectivity index (χ0n) is 10.3. The van der Waals surface area contributed by atoms with E-state index in [-0.39, 0.29) is 17.6 Å². The van der Waals surface area contributed by atoms with Gasteiger partial charge in [0.05, 0.1) is 6.10 Å². The van der Waals surface area contributed by atoms with Crippen LogP contribution in [0.3, 0.4) is 0 Å². The highest BCUT2D eigenvalue weighted by Gasteiger charge is 2.50. The third-order valence-corrected chi connectivity index (χ3v) is 4.45. The van der Waals surface area contributed by atoms with Gasteiger partial charge in [0.2, 0.25) is 10.0 Å². The molecule has 1 aliphatic carbocycles. The molecule has 7 heteroatoms. The van der Waals surface area contributed by atoms with Gasteiger partial charge in [0.25, 0.3) is 0 Å². The molecule has 0 bridgehead atoms. The summed E-state index contributed by atoms with van der Waals surface area (Å²) in [5, 5.41) is 8.48. The Hall–Kier alpha value is -0.660. The lowest BCUT2D eigenvalue weighted by Gasteiger charge is -2.51. The van der Waals surface area contributed by atoms with Crippen LogP contribution in [0, 0.1) is 5.41 Å². The van der Waals surface area contributed by atoms with Crippen LogP contribution in [0.25, 0.3) is 0 Å². The van der Waals surface area contributed by atoms with Crippen molar-refractivity contribution >= 4 is 16.0 Å². The van der Waals surface area contributed by atoms with Crippen molar-refractivity contribution in [2.45, 2.75) is 39.3 Å². The molecule has 2 atom stereocenters. The van der Waals surface area contributed by atoms with Crippen molar-refractivity contribution < 1.29 is 23.1 Å². The highest BCUT2D eigenvalue weighted by molar-refractivity contribution is 7.90. The number of hydrogen-bond donors (Lipinski definition) is 2. The van der Waals surface area contributed by atoms with Gasteiger partial charge < -0.3 is 9.84 Å². The molecule has 0 saturated heterocycles. The molecule has 1 aliphatic rings. The highest BCUT2D eigenvalue weighted by Crippen LogP contribution is 2.42. The summed E-state index contributed by atoms with van der Waals surface area (Å²) in [6, 6.07) is -0.261. The lowest BCUT2D eigenvalue weighted by molar-refractivity contribution is -0.134. The summed E-state index contributed by atoms with van der Waals surface area (Å²) in [5.74, 6) is -2.24. The van der Waals surface area contributed by atoms with Crippen molar-refractivity contribution in [3.05, 3.63) is 0 Å². The fourth-order valence-electron chi connectivity index (χ4n) is 1.99. The summed E-state index contributed by atoms with van der Waals surface area (Å²) in [5.41, 5.74) is -0.304. The topological polar surface area (TPSA) is 92.7 Å². The normalized spacial score (nSPS) is 27.5. The lowest BCUT2D eigenvalue weighted by atomic mass is 9.65. The molecule has 0 heterocycles. The van der Waals surface area contributed by atoms with Gasteiger partial charge in [-0.15, -0.1) is 0 Å². The molecule has 0 radical (unpaired) electrons. The van der Waals surface area contributed by atoms with Gasteiger partial charge in [-0.25, -0.2) is 13.1 Å². The minimum Gasteiger partial charge on any atom is -0.480 e. The fourth-order valence-corrected chi connectivity index (χ4v) is 3.23. The number of carboxylic acid groups (broad SMARTS) is 1. The molecule has 1 rings (SSSR count). The van der Waals surface area contributed by atoms with Crippen LogP contribution < -0.4 is 4.72 Å². The molecule has 1 fully saturated rings. The maximum atomic E-state index is 11.5. The van der Waals surface area contributed by atoms with Gasteiger partial charge in [0.1, 0.15) is 0 Å². The molecular formula is C10H19NO5S. The van der Waals surface area contributed by atoms with E-state index in [1.807, 2.05) is 20.8 Å². The average molecular weight is 265 g/mol. The zero-order valence-corrected chi connectivity index (χ0v) is 11.1. The van der Waals surface area contributed by atoms with Gasteiger partial charge >= 0.3 is 5.97 Å². The number of rotatable bonds is 6. The van der Waals surface area contributed by atoms with E-state index in [1.54, 1.807) is 0 Å². The molecule has 2 unspecified atom stereocenters. The van der Waals surface area contributed by atoms with E-state index in [4.69, 9.17) is 9.84 Å². The summed E-state index contributed by atoms with van der Waals surface area (Å²) in [6.07, 6.45) is 0.602. The van der Waals surface area contributed by atoms with Gasteiger partial charge in [-0.2, -0.15) is 0 Å². The van der Waals surface area contributed by atoms with Gasteiger partial charge in [0, 0.05) is 18.1 Å². The van der Waals surface area contributed by atoms with Gasteiger partial charge in [-0.3, -0.25) is 4.79 Å². The number of aliphatic carboxylic acids is 1. The number of carboxylic acids is 1. The van der Waals surface area contributed by atoms with E-state index >= 15 is 0 Å². The average Bonchev–Trinajstić information content (AvgIpc) is 2.14. The summed E-state index contributed by atoms with van der Waals surface area (Å²) in [6.45, 7) is 6.29. The van der Waals surface area contributed by atoms with E-state index in [0.717, 1.165) is 0 Å². The SMILES string of the molecule is CCOC1CC(NS(=O)(=O)CC(=O)O)C1(C)C. The number of hydrogen-bond acceptors (Lipinski definition) is 4. The van der Waals surface area contributed by atoms with Crippen LogP contribution in [0.1, 0.15) is 27.2 Å². The van der Waals surface area contributed by atoms with E-state index < -0.39 is 21.7 Å². The predicted molar refractivity (Wildman–Crippen MR) is 62.2 cm³/mol. The minimum atomic E-state index is -3.76. The second-order valence-corrected chi connectivity index (χ2v) is 6.58. The Morgan fingerprint density at radius 1 is 1.53 bits per heavy atom. The van der Waals surface area contributed by atoms with E-state index in [9.17, 15) is 13.2 Å². The monoisotopic (exact) mass is 265 g/mol. The van der Waals surface area contributed by atoms with Crippen molar-refractivity contribution in [2.24, 2.45) is 5.41 Å². The quantitative estimate of drug-likeness (QED) is 0.715. The summed E-state index contributed by atoms with van der Waals surface area (Å²) >= 11 is 0. The molecule has 100 valence electrons. The lowest BCUT2D eigenvalue weighted by Crippen LogP contribution is -2.62. The molecule has 6 nitrogen and oxygen atoms in total. The van der Waals surface area contributed by atoms with Crippen molar-refractivity contribution in [2.75, 3.05) is 12.4 Å². The zero-order chi connectivity index (χ0) is 13.3. The van der Waals surface area contributed by atoms with Crippen molar-refractivity contribution in [1.82, 2.24) is 4.72 Å². The molecule has 0 aromatic rings. The first-order valence-corrected chi connectivity index (χ1v) is 7.17. The molecule has 0 aromatic heterocycles. The first-order chi connectivity index (χ1) is 7.69. The Bertz CT molecular complexity index is 390. The predicted octanol–water partition coefficient (Wildman–Crippen LogP) is 0.194. The van der Waals surface area contributed by atoms with E-state index in [1.165, 1.54) is 0 Å². The van der Waals surface area contributed by atoms with Crippen LogP contribution in [-0.2, 0) is 19.6 Å². The fraction of sp³-hybridized carbons (Fsp3) is 0.900. The van der Waals surface area contributed by atoms with E-state index in [0.29, 0.717) is 13.0 Å². The first-order valence-electron chi connectivity index (χ1n) is 5.52. The summed E-state index contributed by atoms with van der Waals surface area (Å²) in [4.78, 5) is 10.4. The van der Waals surface area contributed by atoms with Crippen molar-refractivity contribution in [3.8, 4) is 0 Å². The Labute approximate surface area is 101 Å². The molecule has 0 aromatic carbocycles. The number of carbonyl (C=O) groups is 1. The number of ether oxygens (including phenoxy) is 1. The number of nitrogens with one attached hydrogen (secondary N) is 1. The Morgan fingerprint density at radius 3 is 2.53 bits per heavy atom. The summed E-state index contributed by atoms with van der Waals surface area (Å²) in [7, 11) is -3.76. The van der Waals surface area contributed by atoms with Crippen molar-refractivity contribution in [1.29, 1.82) is 0 Å². The van der Waals surface area contributed by atoms with Crippen LogP contribution >= 0.6 is 0 Å². The summed E-state index contributed by atoms with van der Waals surface area (Å²) < 4.78 is 30.8. The minimum absolute atomic E-state index is 0.0185. The molecule has 1 saturated carbocycles. The second-order valence-electron chi connectivity index (χ2n) is 4.82. The Balaban J connectivity index is 2.58. The first kappa shape index (κ1) is 14.4.